The third kappa shape index (κ3) is 2.82. The first kappa shape index (κ1) is 12.0. The highest BCUT2D eigenvalue weighted by atomic mass is 15.2. The van der Waals surface area contributed by atoms with Crippen LogP contribution >= 0.6 is 0 Å². The summed E-state index contributed by atoms with van der Waals surface area (Å²) in [5.74, 6) is 1.10. The quantitative estimate of drug-likeness (QED) is 0.863. The average Bonchev–Trinajstić information content (AvgIpc) is 2.31. The molecule has 0 spiro atoms. The van der Waals surface area contributed by atoms with Crippen LogP contribution in [0.2, 0.25) is 0 Å². The first-order chi connectivity index (χ1) is 8.54. The van der Waals surface area contributed by atoms with Crippen molar-refractivity contribution < 1.29 is 0 Å². The van der Waals surface area contributed by atoms with E-state index in [1.807, 2.05) is 38.1 Å². The minimum absolute atomic E-state index is 0.178. The maximum absolute atomic E-state index is 5.63. The Bertz CT molecular complexity index is 574. The minimum atomic E-state index is 0.178. The number of hydrogen-bond donors (Lipinski definition) is 2. The molecule has 0 radical (unpaired) electrons. The predicted molar refractivity (Wildman–Crippen MR) is 73.4 cm³/mol. The van der Waals surface area contributed by atoms with Gasteiger partial charge in [-0.1, -0.05) is 24.3 Å². The number of nitrogens with one attached hydrogen (secondary N) is 1. The van der Waals surface area contributed by atoms with Crippen LogP contribution in [0.15, 0.2) is 30.8 Å². The molecule has 0 saturated carbocycles. The Kier molecular flexibility index (Phi) is 3.23. The number of aromatic nitrogens is 3. The first-order valence-corrected chi connectivity index (χ1v) is 5.56. The Balaban J connectivity index is 2.28. The zero-order valence-corrected chi connectivity index (χ0v) is 10.4. The maximum atomic E-state index is 5.63. The summed E-state index contributed by atoms with van der Waals surface area (Å²) >= 11 is 0. The zero-order chi connectivity index (χ0) is 13.1. The summed E-state index contributed by atoms with van der Waals surface area (Å²) in [5.41, 5.74) is 8.47. The van der Waals surface area contributed by atoms with Crippen molar-refractivity contribution in [1.29, 1.82) is 0 Å². The fourth-order valence-electron chi connectivity index (χ4n) is 1.41. The molecule has 5 nitrogen and oxygen atoms in total. The average molecular weight is 241 g/mol. The van der Waals surface area contributed by atoms with Crippen LogP contribution in [-0.2, 0) is 0 Å². The van der Waals surface area contributed by atoms with Crippen molar-refractivity contribution in [3.05, 3.63) is 42.2 Å². The molecule has 0 aliphatic heterocycles. The monoisotopic (exact) mass is 241 g/mol. The van der Waals surface area contributed by atoms with Crippen LogP contribution in [0.5, 0.6) is 0 Å². The Morgan fingerprint density at radius 3 is 2.44 bits per heavy atom. The molecule has 0 saturated heterocycles. The Hall–Kier alpha value is -2.43. The van der Waals surface area contributed by atoms with E-state index in [1.54, 1.807) is 0 Å². The molecule has 1 aromatic heterocycles. The Morgan fingerprint density at radius 1 is 1.17 bits per heavy atom. The molecular formula is C13H15N5. The lowest BCUT2D eigenvalue weighted by atomic mass is 10.2. The second kappa shape index (κ2) is 4.83. The van der Waals surface area contributed by atoms with Crippen molar-refractivity contribution in [2.24, 2.45) is 0 Å². The molecule has 0 fully saturated rings. The van der Waals surface area contributed by atoms with Crippen molar-refractivity contribution in [3.63, 3.8) is 0 Å². The molecule has 2 rings (SSSR count). The summed E-state index contributed by atoms with van der Waals surface area (Å²) in [7, 11) is 0. The van der Waals surface area contributed by atoms with Crippen LogP contribution in [0, 0.1) is 6.92 Å². The number of rotatable bonds is 3. The number of nitrogen functional groups attached to an aromatic ring is 1. The highest BCUT2D eigenvalue weighted by molar-refractivity contribution is 5.59. The second-order valence-electron chi connectivity index (χ2n) is 4.11. The van der Waals surface area contributed by atoms with Crippen molar-refractivity contribution in [2.75, 3.05) is 11.1 Å². The fraction of sp³-hybridized carbons (Fsp3) is 0.154. The van der Waals surface area contributed by atoms with Gasteiger partial charge in [0.1, 0.15) is 0 Å². The van der Waals surface area contributed by atoms with E-state index in [2.05, 4.69) is 26.8 Å². The van der Waals surface area contributed by atoms with E-state index >= 15 is 0 Å². The number of aryl methyl sites for hydroxylation is 1. The van der Waals surface area contributed by atoms with Gasteiger partial charge in [-0.05, 0) is 31.6 Å². The van der Waals surface area contributed by atoms with Gasteiger partial charge >= 0.3 is 0 Å². The second-order valence-corrected chi connectivity index (χ2v) is 4.11. The molecular weight excluding hydrogens is 226 g/mol. The Morgan fingerprint density at radius 2 is 1.83 bits per heavy atom. The largest absolute Gasteiger partial charge is 0.368 e. The molecule has 0 aliphatic carbocycles. The lowest BCUT2D eigenvalue weighted by Gasteiger charge is -2.07. The zero-order valence-electron chi connectivity index (χ0n) is 10.4. The third-order valence-corrected chi connectivity index (χ3v) is 2.34. The highest BCUT2D eigenvalue weighted by Gasteiger charge is 2.05. The third-order valence-electron chi connectivity index (χ3n) is 2.34. The number of nitrogens with two attached hydrogens (primary N) is 1. The summed E-state index contributed by atoms with van der Waals surface area (Å²) in [4.78, 5) is 12.3. The van der Waals surface area contributed by atoms with Crippen LogP contribution < -0.4 is 11.1 Å². The van der Waals surface area contributed by atoms with Gasteiger partial charge in [-0.25, -0.2) is 0 Å². The van der Waals surface area contributed by atoms with E-state index in [9.17, 15) is 0 Å². The molecule has 92 valence electrons. The fourth-order valence-corrected chi connectivity index (χ4v) is 1.41. The number of nitrogens with zero attached hydrogens (tertiary/aromatic N) is 3. The summed E-state index contributed by atoms with van der Waals surface area (Å²) in [6, 6.07) is 7.92. The molecule has 0 aliphatic rings. The first-order valence-electron chi connectivity index (χ1n) is 5.56. The standard InChI is InChI=1S/C13H15N5/c1-8(2)11-16-12(14)18-13(17-11)15-10-6-4-9(3)5-7-10/h4-7H,1H2,2-3H3,(H3,14,15,16,17,18). The molecule has 3 N–H and O–H groups in total. The van der Waals surface area contributed by atoms with Gasteiger partial charge in [0.25, 0.3) is 0 Å². The molecule has 2 aromatic rings. The lowest BCUT2D eigenvalue weighted by Crippen LogP contribution is -2.06. The van der Waals surface area contributed by atoms with E-state index in [-0.39, 0.29) is 5.95 Å². The molecule has 0 amide bonds. The van der Waals surface area contributed by atoms with E-state index in [4.69, 9.17) is 5.73 Å². The van der Waals surface area contributed by atoms with Crippen LogP contribution in [0.25, 0.3) is 5.57 Å². The van der Waals surface area contributed by atoms with Crippen LogP contribution in [-0.4, -0.2) is 15.0 Å². The minimum Gasteiger partial charge on any atom is -0.368 e. The normalized spacial score (nSPS) is 10.1. The molecule has 1 aromatic carbocycles. The van der Waals surface area contributed by atoms with Gasteiger partial charge < -0.3 is 11.1 Å². The molecule has 1 heterocycles. The molecule has 0 unspecified atom stereocenters. The molecule has 0 bridgehead atoms. The van der Waals surface area contributed by atoms with Gasteiger partial charge in [0.05, 0.1) is 0 Å². The summed E-state index contributed by atoms with van der Waals surface area (Å²) < 4.78 is 0. The number of allylic oxidation sites excluding steroid dienone is 1. The van der Waals surface area contributed by atoms with Crippen LogP contribution in [0.1, 0.15) is 18.3 Å². The maximum Gasteiger partial charge on any atom is 0.232 e. The van der Waals surface area contributed by atoms with Gasteiger partial charge in [0, 0.05) is 5.69 Å². The van der Waals surface area contributed by atoms with Crippen molar-refractivity contribution in [1.82, 2.24) is 15.0 Å². The van der Waals surface area contributed by atoms with Gasteiger partial charge in [0.2, 0.25) is 11.9 Å². The van der Waals surface area contributed by atoms with Gasteiger partial charge in [0.15, 0.2) is 5.82 Å². The van der Waals surface area contributed by atoms with Crippen LogP contribution in [0.3, 0.4) is 0 Å². The van der Waals surface area contributed by atoms with E-state index < -0.39 is 0 Å². The topological polar surface area (TPSA) is 76.7 Å². The lowest BCUT2D eigenvalue weighted by molar-refractivity contribution is 1.04. The van der Waals surface area contributed by atoms with Crippen molar-refractivity contribution in [2.45, 2.75) is 13.8 Å². The molecule has 5 heteroatoms. The van der Waals surface area contributed by atoms with E-state index in [0.29, 0.717) is 11.8 Å². The Labute approximate surface area is 106 Å². The van der Waals surface area contributed by atoms with Crippen LogP contribution in [0.4, 0.5) is 17.6 Å². The predicted octanol–water partition coefficient (Wildman–Crippen LogP) is 2.54. The van der Waals surface area contributed by atoms with Crippen molar-refractivity contribution >= 4 is 23.2 Å². The summed E-state index contributed by atoms with van der Waals surface area (Å²) in [5, 5.41) is 3.08. The van der Waals surface area contributed by atoms with E-state index in [1.165, 1.54) is 5.56 Å². The SMILES string of the molecule is C=C(C)c1nc(N)nc(Nc2ccc(C)cc2)n1. The van der Waals surface area contributed by atoms with Gasteiger partial charge in [-0.2, -0.15) is 15.0 Å². The van der Waals surface area contributed by atoms with Gasteiger partial charge in [-0.15, -0.1) is 0 Å². The number of benzene rings is 1. The summed E-state index contributed by atoms with van der Waals surface area (Å²) in [6.07, 6.45) is 0. The van der Waals surface area contributed by atoms with Gasteiger partial charge in [-0.3, -0.25) is 0 Å². The number of anilines is 3. The smallest absolute Gasteiger partial charge is 0.232 e. The summed E-state index contributed by atoms with van der Waals surface area (Å²) in [6.45, 7) is 7.65. The van der Waals surface area contributed by atoms with Crippen molar-refractivity contribution in [3.8, 4) is 0 Å². The highest BCUT2D eigenvalue weighted by Crippen LogP contribution is 2.15. The molecule has 0 atom stereocenters. The molecule has 18 heavy (non-hydrogen) atoms. The number of hydrogen-bond acceptors (Lipinski definition) is 5. The van der Waals surface area contributed by atoms with E-state index in [0.717, 1.165) is 11.3 Å².